The molecule has 0 bridgehead atoms. The van der Waals surface area contributed by atoms with Crippen LogP contribution in [0.15, 0.2) is 140 Å². The number of nitrogens with zero attached hydrogens (tertiary/aromatic N) is 2. The molecular weight excluding hydrogens is 771 g/mol. The molecular formula is C61H61BN2. The smallest absolute Gasteiger partial charge is 0.333 e. The van der Waals surface area contributed by atoms with E-state index in [2.05, 4.69) is 218 Å². The summed E-state index contributed by atoms with van der Waals surface area (Å²) in [6.07, 6.45) is 4.73. The Bertz CT molecular complexity index is 3080. The van der Waals surface area contributed by atoms with Crippen LogP contribution in [0.25, 0.3) is 33.4 Å². The second-order valence-electron chi connectivity index (χ2n) is 23.1. The highest BCUT2D eigenvalue weighted by atomic mass is 15.2. The molecule has 0 atom stereocenters. The molecule has 3 aliphatic heterocycles. The highest BCUT2D eigenvalue weighted by Gasteiger charge is 2.52. The van der Waals surface area contributed by atoms with E-state index in [-0.39, 0.29) is 33.9 Å². The van der Waals surface area contributed by atoms with Gasteiger partial charge in [-0.1, -0.05) is 166 Å². The lowest BCUT2D eigenvalue weighted by Crippen LogP contribution is -2.62. The topological polar surface area (TPSA) is 6.48 Å². The number of benzene rings is 7. The second kappa shape index (κ2) is 13.2. The molecule has 0 fully saturated rings. The van der Waals surface area contributed by atoms with Crippen LogP contribution >= 0.6 is 0 Å². The maximum absolute atomic E-state index is 2.74. The highest BCUT2D eigenvalue weighted by molar-refractivity contribution is 6.93. The van der Waals surface area contributed by atoms with E-state index in [4.69, 9.17) is 0 Å². The standard InChI is InChI=1S/C61H61BN2/c1-57(2)28-30-59(5,6)48-36-52-43(34-46(48)57)44-32-41(39-20-15-12-16-21-39)33-54-55(44)62(64(52)42-26-24-40(25-27-42)38-18-13-11-14-19-38)51-23-17-22-45-56(51)63(54)53-37-49-47(35-50(53)61(45,9)10)58(3,4)29-31-60(49,7)8/h11-27,32-37H,28-31H2,1-10H3. The molecule has 3 heterocycles. The molecule has 318 valence electrons. The van der Waals surface area contributed by atoms with Gasteiger partial charge in [0.2, 0.25) is 0 Å². The van der Waals surface area contributed by atoms with Crippen LogP contribution < -0.4 is 20.6 Å². The second-order valence-corrected chi connectivity index (χ2v) is 23.1. The third kappa shape index (κ3) is 5.52. The predicted octanol–water partition coefficient (Wildman–Crippen LogP) is 15.1. The highest BCUT2D eigenvalue weighted by Crippen LogP contribution is 2.59. The predicted molar refractivity (Wildman–Crippen MR) is 274 cm³/mol. The summed E-state index contributed by atoms with van der Waals surface area (Å²) in [6.45, 7) is 24.7. The fourth-order valence-electron chi connectivity index (χ4n) is 12.8. The van der Waals surface area contributed by atoms with E-state index < -0.39 is 0 Å². The third-order valence-corrected chi connectivity index (χ3v) is 17.0. The van der Waals surface area contributed by atoms with Crippen molar-refractivity contribution in [1.29, 1.82) is 0 Å². The number of para-hydroxylation sites is 1. The molecule has 64 heavy (non-hydrogen) atoms. The summed E-state index contributed by atoms with van der Waals surface area (Å²) in [6, 6.07) is 54.3. The molecule has 0 amide bonds. The SMILES string of the molecule is CC1(C)CCC(C)(C)c2cc3c(cc21)-c1cc(-c2ccccc2)cc2c1B(c1cccc4c1N2c1cc2c(cc1C4(C)C)C(C)(C)CCC2(C)C)N3c1ccc(-c2ccccc2)cc1. The van der Waals surface area contributed by atoms with Gasteiger partial charge in [-0.15, -0.1) is 0 Å². The van der Waals surface area contributed by atoms with E-state index in [1.807, 2.05) is 0 Å². The zero-order valence-electron chi connectivity index (χ0n) is 39.6. The van der Waals surface area contributed by atoms with Gasteiger partial charge >= 0.3 is 6.85 Å². The van der Waals surface area contributed by atoms with Crippen molar-refractivity contribution in [3.8, 4) is 33.4 Å². The Kier molecular flexibility index (Phi) is 8.17. The summed E-state index contributed by atoms with van der Waals surface area (Å²) in [5.74, 6) is 0. The minimum absolute atomic E-state index is 0.0424. The fraction of sp³-hybridized carbons (Fsp3) is 0.311. The molecule has 0 N–H and O–H groups in total. The van der Waals surface area contributed by atoms with Crippen LogP contribution in [0.3, 0.4) is 0 Å². The third-order valence-electron chi connectivity index (χ3n) is 17.0. The minimum atomic E-state index is -0.218. The van der Waals surface area contributed by atoms with Crippen LogP contribution in [0.5, 0.6) is 0 Å². The van der Waals surface area contributed by atoms with Gasteiger partial charge in [-0.25, -0.2) is 0 Å². The molecule has 0 spiro atoms. The molecule has 0 saturated heterocycles. The van der Waals surface area contributed by atoms with Crippen LogP contribution in [0, 0.1) is 0 Å². The number of fused-ring (bicyclic) bond motifs is 8. The van der Waals surface area contributed by atoms with Gasteiger partial charge in [0.1, 0.15) is 0 Å². The van der Waals surface area contributed by atoms with Crippen molar-refractivity contribution in [1.82, 2.24) is 0 Å². The van der Waals surface area contributed by atoms with E-state index in [0.717, 1.165) is 0 Å². The average Bonchev–Trinajstić information content (AvgIpc) is 3.29. The summed E-state index contributed by atoms with van der Waals surface area (Å²) >= 11 is 0. The first-order valence-electron chi connectivity index (χ1n) is 24.0. The molecule has 5 aliphatic rings. The Hall–Kier alpha value is -5.80. The van der Waals surface area contributed by atoms with Crippen LogP contribution in [0.1, 0.15) is 128 Å². The van der Waals surface area contributed by atoms with Crippen molar-refractivity contribution in [3.05, 3.63) is 173 Å². The van der Waals surface area contributed by atoms with E-state index >= 15 is 0 Å². The molecule has 0 saturated carbocycles. The lowest BCUT2D eigenvalue weighted by atomic mass is 9.42. The van der Waals surface area contributed by atoms with E-state index in [1.165, 1.54) is 132 Å². The number of anilines is 5. The number of hydrogen-bond acceptors (Lipinski definition) is 2. The van der Waals surface area contributed by atoms with Crippen molar-refractivity contribution >= 4 is 46.2 Å². The van der Waals surface area contributed by atoms with Crippen molar-refractivity contribution < 1.29 is 0 Å². The molecule has 2 nitrogen and oxygen atoms in total. The maximum atomic E-state index is 2.74. The van der Waals surface area contributed by atoms with E-state index in [9.17, 15) is 0 Å². The van der Waals surface area contributed by atoms with Gasteiger partial charge in [-0.05, 0) is 162 Å². The summed E-state index contributed by atoms with van der Waals surface area (Å²) < 4.78 is 0. The van der Waals surface area contributed by atoms with Crippen LogP contribution in [-0.4, -0.2) is 6.85 Å². The van der Waals surface area contributed by atoms with Gasteiger partial charge in [0.15, 0.2) is 0 Å². The van der Waals surface area contributed by atoms with E-state index in [1.54, 1.807) is 0 Å². The Morgan fingerprint density at radius 1 is 0.391 bits per heavy atom. The van der Waals surface area contributed by atoms with Gasteiger partial charge in [0, 0.05) is 33.7 Å². The molecule has 0 aromatic heterocycles. The Morgan fingerprint density at radius 3 is 1.50 bits per heavy atom. The first-order valence-corrected chi connectivity index (χ1v) is 24.0. The van der Waals surface area contributed by atoms with E-state index in [0.29, 0.717) is 0 Å². The molecule has 12 rings (SSSR count). The Morgan fingerprint density at radius 2 is 0.906 bits per heavy atom. The molecule has 7 aromatic carbocycles. The lowest BCUT2D eigenvalue weighted by molar-refractivity contribution is 0.331. The van der Waals surface area contributed by atoms with Crippen LogP contribution in [-0.2, 0) is 27.1 Å². The number of rotatable bonds is 3. The summed E-state index contributed by atoms with van der Waals surface area (Å²) in [7, 11) is 0. The maximum Gasteiger partial charge on any atom is 0.333 e. The normalized spacial score (nSPS) is 19.4. The minimum Gasteiger partial charge on any atom is -0.376 e. The van der Waals surface area contributed by atoms with Crippen LogP contribution in [0.2, 0.25) is 0 Å². The van der Waals surface area contributed by atoms with Gasteiger partial charge < -0.3 is 9.71 Å². The first kappa shape index (κ1) is 39.8. The number of hydrogen-bond donors (Lipinski definition) is 0. The quantitative estimate of drug-likeness (QED) is 0.164. The molecule has 7 aromatic rings. The van der Waals surface area contributed by atoms with Crippen LogP contribution in [0.4, 0.5) is 28.4 Å². The van der Waals surface area contributed by atoms with Crippen molar-refractivity contribution in [2.24, 2.45) is 0 Å². The largest absolute Gasteiger partial charge is 0.376 e. The van der Waals surface area contributed by atoms with Gasteiger partial charge in [0.05, 0.1) is 5.69 Å². The van der Waals surface area contributed by atoms with Gasteiger partial charge in [-0.2, -0.15) is 0 Å². The molecule has 2 aliphatic carbocycles. The molecule has 0 radical (unpaired) electrons. The lowest BCUT2D eigenvalue weighted by Gasteiger charge is -2.52. The van der Waals surface area contributed by atoms with Crippen molar-refractivity contribution in [2.75, 3.05) is 9.71 Å². The molecule has 0 unspecified atom stereocenters. The zero-order chi connectivity index (χ0) is 44.3. The summed E-state index contributed by atoms with van der Waals surface area (Å²) in [4.78, 5) is 5.47. The first-order chi connectivity index (χ1) is 30.5. The summed E-state index contributed by atoms with van der Waals surface area (Å²) in [5, 5.41) is 0. The fourth-order valence-corrected chi connectivity index (χ4v) is 12.8. The van der Waals surface area contributed by atoms with Crippen molar-refractivity contribution in [3.63, 3.8) is 0 Å². The van der Waals surface area contributed by atoms with Crippen molar-refractivity contribution in [2.45, 2.75) is 122 Å². The Labute approximate surface area is 382 Å². The Balaban J connectivity index is 1.21. The monoisotopic (exact) mass is 832 g/mol. The van der Waals surface area contributed by atoms with Gasteiger partial charge in [0.25, 0.3) is 0 Å². The average molecular weight is 833 g/mol. The summed E-state index contributed by atoms with van der Waals surface area (Å²) in [5.41, 5.74) is 26.0. The zero-order valence-corrected chi connectivity index (χ0v) is 39.6. The molecule has 3 heteroatoms. The van der Waals surface area contributed by atoms with Gasteiger partial charge in [-0.3, -0.25) is 0 Å².